The van der Waals surface area contributed by atoms with Crippen LogP contribution in [0, 0.1) is 0 Å². The number of hydrogen-bond donors (Lipinski definition) is 0. The minimum atomic E-state index is -3.39. The molecule has 0 aromatic rings. The van der Waals surface area contributed by atoms with Gasteiger partial charge in [0.2, 0.25) is 0 Å². The van der Waals surface area contributed by atoms with Gasteiger partial charge in [-0.2, -0.15) is 8.42 Å². The number of rotatable bonds is 27. The summed E-state index contributed by atoms with van der Waals surface area (Å²) in [6.07, 6.45) is 35.8. The van der Waals surface area contributed by atoms with Gasteiger partial charge in [-0.25, -0.2) is 0 Å². The van der Waals surface area contributed by atoms with E-state index in [1.165, 1.54) is 57.4 Å². The maximum absolute atomic E-state index is 11.8. The van der Waals surface area contributed by atoms with Crippen LogP contribution < -0.4 is 0 Å². The summed E-state index contributed by atoms with van der Waals surface area (Å²) in [5.41, 5.74) is 11.5. The Balaban J connectivity index is 4.24. The van der Waals surface area contributed by atoms with E-state index in [9.17, 15) is 8.42 Å². The molecule has 3 nitrogen and oxygen atoms in total. The Hall–Kier alpha value is -2.17. The largest absolute Gasteiger partial charge is 0.267 e. The molecule has 0 saturated carbocycles. The normalized spacial score (nSPS) is 14.6. The highest BCUT2D eigenvalue weighted by atomic mass is 32.2. The van der Waals surface area contributed by atoms with Crippen LogP contribution in [0.3, 0.4) is 0 Å². The second-order valence-corrected chi connectivity index (χ2v) is 16.1. The second kappa shape index (κ2) is 28.6. The Morgan fingerprint density at radius 3 is 0.979 bits per heavy atom. The molecule has 0 aromatic heterocycles. The maximum atomic E-state index is 11.8. The van der Waals surface area contributed by atoms with E-state index in [-0.39, 0.29) is 12.4 Å². The molecule has 48 heavy (non-hydrogen) atoms. The van der Waals surface area contributed by atoms with Crippen LogP contribution in [0.15, 0.2) is 93.2 Å². The molecule has 0 aromatic carbocycles. The number of unbranched alkanes of at least 4 members (excludes halogenated alkanes) is 1. The van der Waals surface area contributed by atoms with Gasteiger partial charge in [-0.3, -0.25) is 4.18 Å². The van der Waals surface area contributed by atoms with E-state index in [1.807, 2.05) is 19.9 Å². The first-order valence-corrected chi connectivity index (χ1v) is 20.4. The van der Waals surface area contributed by atoms with E-state index >= 15 is 0 Å². The van der Waals surface area contributed by atoms with Crippen molar-refractivity contribution in [2.24, 2.45) is 0 Å². The van der Waals surface area contributed by atoms with Gasteiger partial charge < -0.3 is 0 Å². The topological polar surface area (TPSA) is 43.4 Å². The smallest absolute Gasteiger partial charge is 0.266 e. The Morgan fingerprint density at radius 2 is 0.708 bits per heavy atom. The van der Waals surface area contributed by atoms with Crippen LogP contribution in [-0.2, 0) is 14.3 Å². The maximum Gasteiger partial charge on any atom is 0.267 e. The van der Waals surface area contributed by atoms with Crippen LogP contribution in [0.25, 0.3) is 0 Å². The first-order chi connectivity index (χ1) is 22.7. The second-order valence-electron chi connectivity index (χ2n) is 14.3. The minimum Gasteiger partial charge on any atom is -0.266 e. The Labute approximate surface area is 299 Å². The summed E-state index contributed by atoms with van der Waals surface area (Å²) in [6, 6.07) is 0. The predicted molar refractivity (Wildman–Crippen MR) is 215 cm³/mol. The monoisotopic (exact) mass is 683 g/mol. The molecular weight excluding hydrogens is 609 g/mol. The van der Waals surface area contributed by atoms with Crippen molar-refractivity contribution in [3.05, 3.63) is 93.2 Å². The third kappa shape index (κ3) is 29.9. The summed E-state index contributed by atoms with van der Waals surface area (Å²) in [5.74, 6) is 0.107. The van der Waals surface area contributed by atoms with Gasteiger partial charge in [-0.15, -0.1) is 0 Å². The molecule has 0 unspecified atom stereocenters. The van der Waals surface area contributed by atoms with Crippen LogP contribution in [-0.4, -0.2) is 20.8 Å². The molecule has 0 fully saturated rings. The average Bonchev–Trinajstić information content (AvgIpc) is 2.99. The molecule has 0 radical (unpaired) electrons. The van der Waals surface area contributed by atoms with E-state index in [2.05, 4.69) is 97.9 Å². The molecular formula is C44H74O3S. The van der Waals surface area contributed by atoms with E-state index in [0.717, 1.165) is 83.5 Å². The predicted octanol–water partition coefficient (Wildman–Crippen LogP) is 14.2. The standard InChI is InChI=1S/C44H74O3S/c1-11-12-36-48(45,46)47-35-34-44(10)33-19-32-43(9)31-18-30-42(8)29-17-28-41(7)27-16-26-40(6)25-15-24-39(5)23-14-22-38(4)21-13-20-37(2)3/h20,22,24,26,28,30,32,34H,11-19,21,23,25,27,29,31,33,35-36H2,1-10H3/b38-22?,39-24?,40-26?,41-28?,42-30?,43-32?,44-34+. The molecule has 0 saturated heterocycles. The van der Waals surface area contributed by atoms with Crippen molar-refractivity contribution < 1.29 is 12.6 Å². The molecule has 0 heterocycles. The highest BCUT2D eigenvalue weighted by Crippen LogP contribution is 2.17. The molecule has 0 N–H and O–H groups in total. The van der Waals surface area contributed by atoms with Crippen molar-refractivity contribution in [2.75, 3.05) is 12.4 Å². The van der Waals surface area contributed by atoms with Gasteiger partial charge in [0.15, 0.2) is 0 Å². The van der Waals surface area contributed by atoms with Crippen molar-refractivity contribution in [1.29, 1.82) is 0 Å². The SMILES string of the molecule is CCCCS(=O)(=O)OC/C=C(\C)CCC=C(C)CCC=C(C)CCC=C(C)CCC=C(C)CCC=C(C)CCC=C(C)CCC=C(C)C. The zero-order chi connectivity index (χ0) is 36.2. The fraction of sp³-hybridized carbons (Fsp3) is 0.636. The lowest BCUT2D eigenvalue weighted by Gasteiger charge is -2.04. The molecule has 0 aliphatic rings. The lowest BCUT2D eigenvalue weighted by molar-refractivity contribution is 0.355. The summed E-state index contributed by atoms with van der Waals surface area (Å²) in [5, 5.41) is 0. The van der Waals surface area contributed by atoms with Crippen molar-refractivity contribution >= 4 is 10.1 Å². The summed E-state index contributed by atoms with van der Waals surface area (Å²) in [6.45, 7) is 22.1. The van der Waals surface area contributed by atoms with Gasteiger partial charge in [-0.1, -0.05) is 107 Å². The van der Waals surface area contributed by atoms with Gasteiger partial charge in [0.25, 0.3) is 10.1 Å². The lowest BCUT2D eigenvalue weighted by atomic mass is 10.0. The molecule has 0 spiro atoms. The minimum absolute atomic E-state index is 0.107. The van der Waals surface area contributed by atoms with Crippen LogP contribution in [0.1, 0.15) is 172 Å². The Kier molecular flexibility index (Phi) is 27.4. The third-order valence-corrected chi connectivity index (χ3v) is 9.99. The number of allylic oxidation sites excluding steroid dienone is 15. The fourth-order valence-electron chi connectivity index (χ4n) is 5.24. The van der Waals surface area contributed by atoms with Gasteiger partial charge >= 0.3 is 0 Å². The number of hydrogen-bond acceptors (Lipinski definition) is 3. The molecule has 4 heteroatoms. The molecule has 0 aliphatic heterocycles. The van der Waals surface area contributed by atoms with E-state index < -0.39 is 10.1 Å². The summed E-state index contributed by atoms with van der Waals surface area (Å²) in [7, 11) is -3.39. The molecule has 274 valence electrons. The summed E-state index contributed by atoms with van der Waals surface area (Å²) >= 11 is 0. The summed E-state index contributed by atoms with van der Waals surface area (Å²) in [4.78, 5) is 0. The van der Waals surface area contributed by atoms with E-state index in [4.69, 9.17) is 4.18 Å². The van der Waals surface area contributed by atoms with Crippen LogP contribution in [0.2, 0.25) is 0 Å². The van der Waals surface area contributed by atoms with Crippen LogP contribution >= 0.6 is 0 Å². The molecule has 0 rings (SSSR count). The van der Waals surface area contributed by atoms with E-state index in [1.54, 1.807) is 0 Å². The van der Waals surface area contributed by atoms with Crippen LogP contribution in [0.5, 0.6) is 0 Å². The first-order valence-electron chi connectivity index (χ1n) is 18.8. The van der Waals surface area contributed by atoms with Crippen LogP contribution in [0.4, 0.5) is 0 Å². The third-order valence-electron chi connectivity index (χ3n) is 8.71. The molecule has 0 atom stereocenters. The van der Waals surface area contributed by atoms with Crippen molar-refractivity contribution in [3.8, 4) is 0 Å². The summed E-state index contributed by atoms with van der Waals surface area (Å²) < 4.78 is 28.7. The van der Waals surface area contributed by atoms with Crippen molar-refractivity contribution in [3.63, 3.8) is 0 Å². The molecule has 0 amide bonds. The zero-order valence-corrected chi connectivity index (χ0v) is 33.8. The van der Waals surface area contributed by atoms with Gasteiger partial charge in [-0.05, 0) is 159 Å². The van der Waals surface area contributed by atoms with Gasteiger partial charge in [0.05, 0.1) is 12.4 Å². The Bertz CT molecular complexity index is 1240. The fourth-order valence-corrected chi connectivity index (χ4v) is 6.28. The highest BCUT2D eigenvalue weighted by molar-refractivity contribution is 7.86. The van der Waals surface area contributed by atoms with Gasteiger partial charge in [0, 0.05) is 0 Å². The van der Waals surface area contributed by atoms with Gasteiger partial charge in [0.1, 0.15) is 0 Å². The first kappa shape index (κ1) is 45.8. The lowest BCUT2D eigenvalue weighted by Crippen LogP contribution is -2.10. The zero-order valence-electron chi connectivity index (χ0n) is 33.0. The molecule has 0 aliphatic carbocycles. The van der Waals surface area contributed by atoms with Crippen molar-refractivity contribution in [1.82, 2.24) is 0 Å². The highest BCUT2D eigenvalue weighted by Gasteiger charge is 2.08. The molecule has 0 bridgehead atoms. The van der Waals surface area contributed by atoms with E-state index in [0.29, 0.717) is 6.42 Å². The van der Waals surface area contributed by atoms with Crippen molar-refractivity contribution in [2.45, 2.75) is 172 Å². The average molecular weight is 683 g/mol. The Morgan fingerprint density at radius 1 is 0.438 bits per heavy atom. The quantitative estimate of drug-likeness (QED) is 0.0640.